The number of hydrogen-bond donors (Lipinski definition) is 1. The van der Waals surface area contributed by atoms with Crippen molar-refractivity contribution in [2.24, 2.45) is 4.99 Å². The number of hydrogen-bond acceptors (Lipinski definition) is 8. The van der Waals surface area contributed by atoms with E-state index in [4.69, 9.17) is 23.9 Å². The Bertz CT molecular complexity index is 1340. The minimum Gasteiger partial charge on any atom is -0.497 e. The van der Waals surface area contributed by atoms with E-state index in [0.717, 1.165) is 17.7 Å². The maximum atomic E-state index is 13.4. The fourth-order valence-corrected chi connectivity index (χ4v) is 5.10. The molecule has 1 aliphatic rings. The van der Waals surface area contributed by atoms with Crippen LogP contribution in [0.5, 0.6) is 23.0 Å². The summed E-state index contributed by atoms with van der Waals surface area (Å²) in [7, 11) is 4.73. The average Bonchev–Trinajstić information content (AvgIpc) is 2.98. The molecule has 210 valence electrons. The molecule has 0 bridgehead atoms. The van der Waals surface area contributed by atoms with E-state index in [1.807, 2.05) is 31.2 Å². The minimum atomic E-state index is -0.651. The van der Waals surface area contributed by atoms with Gasteiger partial charge in [-0.15, -0.1) is 0 Å². The Hall–Kier alpha value is -4.18. The number of methoxy groups -OCH3 is 3. The Labute approximate surface area is 238 Å². The van der Waals surface area contributed by atoms with Crippen LogP contribution in [-0.4, -0.2) is 55.1 Å². The number of ether oxygens (including phenoxy) is 4. The maximum absolute atomic E-state index is 13.4. The predicted octanol–water partition coefficient (Wildman–Crippen LogP) is 5.66. The smallest absolute Gasteiger partial charge is 0.238 e. The van der Waals surface area contributed by atoms with Gasteiger partial charge in [0.25, 0.3) is 0 Å². The molecule has 1 aliphatic heterocycles. The molecule has 0 aromatic heterocycles. The molecule has 0 saturated carbocycles. The van der Waals surface area contributed by atoms with Crippen molar-refractivity contribution in [2.75, 3.05) is 33.3 Å². The van der Waals surface area contributed by atoms with Crippen LogP contribution in [0.3, 0.4) is 0 Å². The van der Waals surface area contributed by atoms with Gasteiger partial charge in [0.1, 0.15) is 16.7 Å². The molecule has 1 saturated heterocycles. The molecular formula is C30H33N3O6S. The number of carbonyl (C=O) groups excluding carboxylic acids is 2. The van der Waals surface area contributed by atoms with E-state index >= 15 is 0 Å². The SMILES string of the molecule is CCCOc1ccc(NC(=O)C2CC(=O)N(Cc3ccc(OC)c(OC)c3)C(=Nc3ccc(OC)cc3)S2)cc1. The van der Waals surface area contributed by atoms with Gasteiger partial charge < -0.3 is 24.3 Å². The van der Waals surface area contributed by atoms with Crippen molar-refractivity contribution in [2.45, 2.75) is 31.6 Å². The fourth-order valence-electron chi connectivity index (χ4n) is 4.00. The summed E-state index contributed by atoms with van der Waals surface area (Å²) in [5.74, 6) is 2.12. The lowest BCUT2D eigenvalue weighted by Crippen LogP contribution is -2.44. The van der Waals surface area contributed by atoms with Crippen LogP contribution in [-0.2, 0) is 16.1 Å². The number of nitrogens with one attached hydrogen (secondary N) is 1. The largest absolute Gasteiger partial charge is 0.497 e. The molecule has 3 aromatic rings. The first-order valence-corrected chi connectivity index (χ1v) is 13.8. The van der Waals surface area contributed by atoms with Crippen molar-refractivity contribution in [1.82, 2.24) is 4.90 Å². The second kappa shape index (κ2) is 13.7. The van der Waals surface area contributed by atoms with E-state index in [1.54, 1.807) is 68.7 Å². The zero-order chi connectivity index (χ0) is 28.5. The summed E-state index contributed by atoms with van der Waals surface area (Å²) in [5.41, 5.74) is 2.10. The van der Waals surface area contributed by atoms with Crippen LogP contribution in [0.25, 0.3) is 0 Å². The van der Waals surface area contributed by atoms with E-state index in [9.17, 15) is 9.59 Å². The van der Waals surface area contributed by atoms with E-state index in [2.05, 4.69) is 5.32 Å². The second-order valence-electron chi connectivity index (χ2n) is 8.93. The lowest BCUT2D eigenvalue weighted by Gasteiger charge is -2.32. The molecule has 2 amide bonds. The van der Waals surface area contributed by atoms with Crippen LogP contribution >= 0.6 is 11.8 Å². The second-order valence-corrected chi connectivity index (χ2v) is 10.1. The van der Waals surface area contributed by atoms with Gasteiger partial charge >= 0.3 is 0 Å². The summed E-state index contributed by atoms with van der Waals surface area (Å²) in [6.45, 7) is 2.93. The molecule has 1 atom stereocenters. The summed E-state index contributed by atoms with van der Waals surface area (Å²) in [4.78, 5) is 33.0. The number of anilines is 1. The molecule has 0 spiro atoms. The first kappa shape index (κ1) is 28.8. The molecule has 0 aliphatic carbocycles. The molecule has 40 heavy (non-hydrogen) atoms. The first-order valence-electron chi connectivity index (χ1n) is 12.9. The van der Waals surface area contributed by atoms with Gasteiger partial charge in [-0.1, -0.05) is 24.8 Å². The van der Waals surface area contributed by atoms with E-state index in [1.165, 1.54) is 11.8 Å². The molecule has 1 fully saturated rings. The van der Waals surface area contributed by atoms with Crippen molar-refractivity contribution in [3.8, 4) is 23.0 Å². The van der Waals surface area contributed by atoms with E-state index in [0.29, 0.717) is 40.4 Å². The summed E-state index contributed by atoms with van der Waals surface area (Å²) in [5, 5.41) is 2.70. The zero-order valence-corrected chi connectivity index (χ0v) is 23.8. The Morgan fingerprint density at radius 2 is 1.65 bits per heavy atom. The zero-order valence-electron chi connectivity index (χ0n) is 23.0. The van der Waals surface area contributed by atoms with Crippen molar-refractivity contribution in [3.63, 3.8) is 0 Å². The number of amidine groups is 1. The molecule has 0 radical (unpaired) electrons. The topological polar surface area (TPSA) is 98.7 Å². The number of amides is 2. The predicted molar refractivity (Wildman–Crippen MR) is 157 cm³/mol. The number of nitrogens with zero attached hydrogens (tertiary/aromatic N) is 2. The number of thioether (sulfide) groups is 1. The van der Waals surface area contributed by atoms with Crippen molar-refractivity contribution < 1.29 is 28.5 Å². The van der Waals surface area contributed by atoms with Gasteiger partial charge in [-0.05, 0) is 72.6 Å². The summed E-state index contributed by atoms with van der Waals surface area (Å²) in [6, 6.07) is 19.9. The standard InChI is InChI=1S/C30H33N3O6S/c1-5-16-39-24-13-9-21(10-14-24)31-29(35)27-18-28(34)33(19-20-6-15-25(37-3)26(17-20)38-4)30(40-27)32-22-7-11-23(36-2)12-8-22/h6-15,17,27H,5,16,18-19H2,1-4H3,(H,31,35). The number of rotatable bonds is 11. The van der Waals surface area contributed by atoms with Gasteiger partial charge in [0.15, 0.2) is 16.7 Å². The monoisotopic (exact) mass is 563 g/mol. The minimum absolute atomic E-state index is 0.0309. The Morgan fingerprint density at radius 1 is 0.950 bits per heavy atom. The molecule has 10 heteroatoms. The molecule has 4 rings (SSSR count). The van der Waals surface area contributed by atoms with Crippen LogP contribution in [0.15, 0.2) is 71.7 Å². The van der Waals surface area contributed by atoms with Crippen LogP contribution in [0.2, 0.25) is 0 Å². The van der Waals surface area contributed by atoms with Crippen LogP contribution in [0, 0.1) is 0 Å². The third-order valence-electron chi connectivity index (χ3n) is 6.11. The van der Waals surface area contributed by atoms with Gasteiger partial charge in [-0.2, -0.15) is 0 Å². The first-order chi connectivity index (χ1) is 19.4. The lowest BCUT2D eigenvalue weighted by atomic mass is 10.1. The quantitative estimate of drug-likeness (QED) is 0.321. The van der Waals surface area contributed by atoms with Crippen molar-refractivity contribution in [3.05, 3.63) is 72.3 Å². The number of carbonyl (C=O) groups is 2. The number of aliphatic imine (C=N–C) groups is 1. The van der Waals surface area contributed by atoms with Crippen molar-refractivity contribution >= 4 is 40.1 Å². The average molecular weight is 564 g/mol. The van der Waals surface area contributed by atoms with Crippen LogP contribution in [0.1, 0.15) is 25.3 Å². The van der Waals surface area contributed by atoms with Gasteiger partial charge in [0, 0.05) is 12.1 Å². The Kier molecular flexibility index (Phi) is 9.91. The van der Waals surface area contributed by atoms with E-state index < -0.39 is 5.25 Å². The van der Waals surface area contributed by atoms with Gasteiger partial charge in [-0.25, -0.2) is 4.99 Å². The highest BCUT2D eigenvalue weighted by molar-refractivity contribution is 8.15. The summed E-state index contributed by atoms with van der Waals surface area (Å²) in [6.07, 6.45) is 0.942. The third-order valence-corrected chi connectivity index (χ3v) is 7.30. The highest BCUT2D eigenvalue weighted by atomic mass is 32.2. The molecule has 3 aromatic carbocycles. The molecule has 1 heterocycles. The molecule has 1 N–H and O–H groups in total. The van der Waals surface area contributed by atoms with E-state index in [-0.39, 0.29) is 24.8 Å². The lowest BCUT2D eigenvalue weighted by molar-refractivity contribution is -0.129. The maximum Gasteiger partial charge on any atom is 0.238 e. The third kappa shape index (κ3) is 7.26. The normalized spacial score (nSPS) is 16.0. The number of benzene rings is 3. The van der Waals surface area contributed by atoms with Crippen LogP contribution < -0.4 is 24.3 Å². The molecule has 9 nitrogen and oxygen atoms in total. The summed E-state index contributed by atoms with van der Waals surface area (Å²) < 4.78 is 21.6. The Morgan fingerprint density at radius 3 is 2.30 bits per heavy atom. The Balaban J connectivity index is 1.56. The highest BCUT2D eigenvalue weighted by Crippen LogP contribution is 2.33. The molecule has 1 unspecified atom stereocenters. The fraction of sp³-hybridized carbons (Fsp3) is 0.300. The van der Waals surface area contributed by atoms with Crippen molar-refractivity contribution in [1.29, 1.82) is 0 Å². The van der Waals surface area contributed by atoms with Gasteiger partial charge in [-0.3, -0.25) is 14.5 Å². The van der Waals surface area contributed by atoms with Gasteiger partial charge in [0.2, 0.25) is 11.8 Å². The molecular weight excluding hydrogens is 530 g/mol. The summed E-state index contributed by atoms with van der Waals surface area (Å²) >= 11 is 1.26. The van der Waals surface area contributed by atoms with Crippen LogP contribution in [0.4, 0.5) is 11.4 Å². The van der Waals surface area contributed by atoms with Gasteiger partial charge in [0.05, 0.1) is 40.2 Å². The highest BCUT2D eigenvalue weighted by Gasteiger charge is 2.36.